The molecule has 3 aromatic rings. The van der Waals surface area contributed by atoms with Crippen molar-refractivity contribution >= 4 is 39.4 Å². The summed E-state index contributed by atoms with van der Waals surface area (Å²) >= 11 is -0.350. The number of benzene rings is 3. The molecule has 2 aliphatic carbocycles. The van der Waals surface area contributed by atoms with E-state index in [9.17, 15) is 14.9 Å². The number of nitro benzene ring substituents is 1. The van der Waals surface area contributed by atoms with E-state index in [1.54, 1.807) is 40.0 Å². The summed E-state index contributed by atoms with van der Waals surface area (Å²) in [7, 11) is -0.721. The van der Waals surface area contributed by atoms with Crippen molar-refractivity contribution in [3.63, 3.8) is 0 Å². The third-order valence-electron chi connectivity index (χ3n) is 9.01. The van der Waals surface area contributed by atoms with Gasteiger partial charge >= 0.3 is 308 Å². The van der Waals surface area contributed by atoms with Gasteiger partial charge in [0.15, 0.2) is 0 Å². The monoisotopic (exact) mass is 815 g/mol. The zero-order valence-corrected chi connectivity index (χ0v) is 34.3. The Morgan fingerprint density at radius 2 is 1.72 bits per heavy atom. The molecule has 1 saturated heterocycles. The van der Waals surface area contributed by atoms with Gasteiger partial charge in [0.25, 0.3) is 0 Å². The summed E-state index contributed by atoms with van der Waals surface area (Å²) in [6.45, 7) is 11.8. The number of carbonyl (C=O) groups is 1. The Kier molecular flexibility index (Phi) is 11.5. The molecule has 0 unspecified atom stereocenters. The molecule has 54 heavy (non-hydrogen) atoms. The van der Waals surface area contributed by atoms with Crippen LogP contribution in [0.1, 0.15) is 32.8 Å². The van der Waals surface area contributed by atoms with Gasteiger partial charge in [-0.1, -0.05) is 0 Å². The SMILES string of the molecule is COc1ccc(CO[C@@H](COC(=O)C(C)(C)C)[C@]23C#CC4=C[C@H]([Se]c5ccccc5[N+](=O)[O-])C[C@]4(O[Si](C)(C)C)[C@H](Oc4ccccc4)C#C[C@H]2O3)cc1. The number of rotatable bonds is 14. The number of nitro groups is 1. The zero-order chi connectivity index (χ0) is 38.7. The fourth-order valence-electron chi connectivity index (χ4n) is 6.33. The topological polar surface area (TPSA) is 119 Å². The van der Waals surface area contributed by atoms with Gasteiger partial charge in [0.1, 0.15) is 5.75 Å². The molecule has 0 bridgehead atoms. The van der Waals surface area contributed by atoms with Gasteiger partial charge in [-0.2, -0.15) is 0 Å². The molecule has 6 rings (SSSR count). The molecule has 6 atom stereocenters. The van der Waals surface area contributed by atoms with Crippen LogP contribution in [-0.4, -0.2) is 77.4 Å². The zero-order valence-electron chi connectivity index (χ0n) is 31.5. The van der Waals surface area contributed by atoms with Crippen LogP contribution >= 0.6 is 0 Å². The van der Waals surface area contributed by atoms with Gasteiger partial charge in [-0.25, -0.2) is 0 Å². The molecule has 3 aromatic carbocycles. The summed E-state index contributed by atoms with van der Waals surface area (Å²) < 4.78 is 38.6. The van der Waals surface area contributed by atoms with Gasteiger partial charge in [0.05, 0.1) is 7.11 Å². The van der Waals surface area contributed by atoms with E-state index in [-0.39, 0.29) is 49.6 Å². The molecule has 0 amide bonds. The first kappa shape index (κ1) is 39.3. The average Bonchev–Trinajstić information content (AvgIpc) is 3.72. The third-order valence-corrected chi connectivity index (χ3v) is 12.5. The number of para-hydroxylation sites is 2. The van der Waals surface area contributed by atoms with E-state index in [4.69, 9.17) is 28.1 Å². The van der Waals surface area contributed by atoms with Crippen LogP contribution in [0.2, 0.25) is 24.5 Å². The number of fused-ring (bicyclic) bond motifs is 2. The molecule has 1 heterocycles. The van der Waals surface area contributed by atoms with Crippen molar-refractivity contribution in [2.24, 2.45) is 5.41 Å². The van der Waals surface area contributed by atoms with Crippen LogP contribution in [0.25, 0.3) is 0 Å². The Balaban J connectivity index is 1.43. The first-order chi connectivity index (χ1) is 25.6. The molecule has 0 radical (unpaired) electrons. The number of carbonyl (C=O) groups excluding carboxylic acids is 1. The standard InChI is InChI=1S/C42H45NO9SeSi/c1-40(2,3)39(44)49-28-38(48-27-29-17-19-31(47-4)20-18-29)41-24-23-30-25-33(53-35-16-12-11-15-34(35)43(45)46)26-42(30,52-54(5,6)7)36(21-22-37(41)51-41)50-32-13-9-8-10-14-32/h8-20,25,33,36-38H,26-28H2,1-7H3/t33-,36+,37+,38-,41-,42+/m0/s1. The van der Waals surface area contributed by atoms with E-state index < -0.39 is 43.2 Å². The number of esters is 1. The molecule has 0 saturated carbocycles. The fourth-order valence-corrected chi connectivity index (χ4v) is 10.4. The Morgan fingerprint density at radius 3 is 2.39 bits per heavy atom. The van der Waals surface area contributed by atoms with Crippen molar-refractivity contribution < 1.29 is 37.8 Å². The molecule has 10 nitrogen and oxygen atoms in total. The maximum atomic E-state index is 13.0. The van der Waals surface area contributed by atoms with Crippen LogP contribution in [-0.2, 0) is 30.0 Å². The van der Waals surface area contributed by atoms with Gasteiger partial charge in [-0.05, 0) is 0 Å². The minimum absolute atomic E-state index is 0.0926. The molecule has 0 N–H and O–H groups in total. The van der Waals surface area contributed by atoms with E-state index in [1.807, 2.05) is 66.7 Å². The van der Waals surface area contributed by atoms with E-state index >= 15 is 0 Å². The molecular weight excluding hydrogens is 770 g/mol. The van der Waals surface area contributed by atoms with E-state index in [0.717, 1.165) is 11.3 Å². The molecule has 1 fully saturated rings. The van der Waals surface area contributed by atoms with Crippen LogP contribution in [0, 0.1) is 39.2 Å². The fraction of sp³-hybridized carbons (Fsp3) is 0.405. The Bertz CT molecular complexity index is 2020. The van der Waals surface area contributed by atoms with E-state index in [1.165, 1.54) is 0 Å². The average molecular weight is 815 g/mol. The Labute approximate surface area is 324 Å². The van der Waals surface area contributed by atoms with Crippen molar-refractivity contribution in [3.05, 3.63) is 106 Å². The van der Waals surface area contributed by atoms with Crippen LogP contribution in [0.3, 0.4) is 0 Å². The summed E-state index contributed by atoms with van der Waals surface area (Å²) in [4.78, 5) is 24.6. The number of allylic oxidation sites excluding steroid dienone is 1. The second kappa shape index (κ2) is 15.8. The summed E-state index contributed by atoms with van der Waals surface area (Å²) in [5, 5.41) is 12.0. The van der Waals surface area contributed by atoms with Crippen LogP contribution in [0.4, 0.5) is 5.69 Å². The Hall–Kier alpha value is -4.39. The van der Waals surface area contributed by atoms with Gasteiger partial charge in [-0.3, -0.25) is 0 Å². The molecule has 0 aromatic heterocycles. The molecular formula is C42H45NO9SeSi. The minimum atomic E-state index is -2.33. The van der Waals surface area contributed by atoms with Crippen molar-refractivity contribution in [2.75, 3.05) is 13.7 Å². The summed E-state index contributed by atoms with van der Waals surface area (Å²) in [5.41, 5.74) is -1.38. The number of methoxy groups -OCH3 is 1. The molecule has 0 spiro atoms. The summed E-state index contributed by atoms with van der Waals surface area (Å²) in [5.74, 6) is 14.6. The quantitative estimate of drug-likeness (QED) is 0.0454. The van der Waals surface area contributed by atoms with Crippen molar-refractivity contribution in [2.45, 2.75) is 87.8 Å². The van der Waals surface area contributed by atoms with Crippen molar-refractivity contribution in [1.29, 1.82) is 0 Å². The number of nitrogens with zero attached hydrogens (tertiary/aromatic N) is 1. The van der Waals surface area contributed by atoms with Gasteiger partial charge < -0.3 is 4.74 Å². The first-order valence-electron chi connectivity index (χ1n) is 17.8. The van der Waals surface area contributed by atoms with Crippen LogP contribution < -0.4 is 13.9 Å². The van der Waals surface area contributed by atoms with E-state index in [2.05, 4.69) is 49.4 Å². The van der Waals surface area contributed by atoms with Gasteiger partial charge in [-0.15, -0.1) is 0 Å². The van der Waals surface area contributed by atoms with E-state index in [0.29, 0.717) is 22.2 Å². The Morgan fingerprint density at radius 1 is 1.02 bits per heavy atom. The molecule has 3 aliphatic rings. The molecule has 12 heteroatoms. The number of hydrogen-bond acceptors (Lipinski definition) is 9. The predicted octanol–water partition coefficient (Wildman–Crippen LogP) is 6.42. The summed E-state index contributed by atoms with van der Waals surface area (Å²) in [6.07, 6.45) is 0.285. The van der Waals surface area contributed by atoms with Gasteiger partial charge in [0.2, 0.25) is 0 Å². The number of epoxide rings is 1. The summed E-state index contributed by atoms with van der Waals surface area (Å²) in [6, 6.07) is 23.8. The first-order valence-corrected chi connectivity index (χ1v) is 23.1. The molecule has 282 valence electrons. The normalized spacial score (nSPS) is 24.6. The second-order valence-electron chi connectivity index (χ2n) is 15.4. The van der Waals surface area contributed by atoms with Crippen LogP contribution in [0.15, 0.2) is 90.5 Å². The number of hydrogen-bond donors (Lipinski definition) is 0. The predicted molar refractivity (Wildman–Crippen MR) is 208 cm³/mol. The third kappa shape index (κ3) is 8.93. The van der Waals surface area contributed by atoms with Crippen molar-refractivity contribution in [3.8, 4) is 35.2 Å². The van der Waals surface area contributed by atoms with Crippen LogP contribution in [0.5, 0.6) is 11.5 Å². The number of ether oxygens (including phenoxy) is 5. The second-order valence-corrected chi connectivity index (χ2v) is 22.5. The van der Waals surface area contributed by atoms with Crippen molar-refractivity contribution in [1.82, 2.24) is 0 Å². The van der Waals surface area contributed by atoms with Gasteiger partial charge in [0, 0.05) is 0 Å². The maximum absolute atomic E-state index is 13.0. The molecule has 1 aliphatic heterocycles.